The Hall–Kier alpha value is -2.99. The van der Waals surface area contributed by atoms with Gasteiger partial charge in [-0.05, 0) is 17.7 Å². The molecule has 2 aromatic carbocycles. The van der Waals surface area contributed by atoms with Crippen molar-refractivity contribution in [1.29, 1.82) is 0 Å². The molecular weight excluding hydrogens is 312 g/mol. The summed E-state index contributed by atoms with van der Waals surface area (Å²) in [7, 11) is 2.90. The third-order valence-electron chi connectivity index (χ3n) is 3.77. The minimum absolute atomic E-state index is 0.0678. The smallest absolute Gasteiger partial charge is 0.204 e. The van der Waals surface area contributed by atoms with E-state index in [0.717, 1.165) is 0 Å². The molecule has 0 aliphatic rings. The Kier molecular flexibility index (Phi) is 4.14. The minimum Gasteiger partial charge on any atom is -0.508 e. The van der Waals surface area contributed by atoms with E-state index in [9.17, 15) is 15.0 Å². The fourth-order valence-electron chi connectivity index (χ4n) is 2.63. The summed E-state index contributed by atoms with van der Waals surface area (Å²) in [4.78, 5) is 12.9. The largest absolute Gasteiger partial charge is 0.508 e. The van der Waals surface area contributed by atoms with Gasteiger partial charge in [-0.2, -0.15) is 0 Å². The van der Waals surface area contributed by atoms with Crippen molar-refractivity contribution >= 4 is 11.0 Å². The van der Waals surface area contributed by atoms with Gasteiger partial charge in [0, 0.05) is 13.2 Å². The van der Waals surface area contributed by atoms with Crippen LogP contribution in [0.3, 0.4) is 0 Å². The summed E-state index contributed by atoms with van der Waals surface area (Å²) in [6.45, 7) is 0.0911. The molecule has 0 atom stereocenters. The first-order valence-electron chi connectivity index (χ1n) is 7.19. The highest BCUT2D eigenvalue weighted by atomic mass is 16.5. The Balaban J connectivity index is 2.33. The minimum atomic E-state index is -0.295. The van der Waals surface area contributed by atoms with E-state index in [4.69, 9.17) is 13.9 Å². The fraction of sp³-hybridized carbons (Fsp3) is 0.167. The fourth-order valence-corrected chi connectivity index (χ4v) is 2.63. The predicted molar refractivity (Wildman–Crippen MR) is 88.5 cm³/mol. The van der Waals surface area contributed by atoms with Gasteiger partial charge in [-0.15, -0.1) is 0 Å². The highest BCUT2D eigenvalue weighted by Gasteiger charge is 2.20. The van der Waals surface area contributed by atoms with Gasteiger partial charge in [0.1, 0.15) is 34.5 Å². The van der Waals surface area contributed by atoms with Gasteiger partial charge in [0.15, 0.2) is 0 Å². The quantitative estimate of drug-likeness (QED) is 0.765. The average Bonchev–Trinajstić information content (AvgIpc) is 2.57. The number of benzene rings is 2. The third-order valence-corrected chi connectivity index (χ3v) is 3.77. The van der Waals surface area contributed by atoms with Gasteiger partial charge < -0.3 is 24.1 Å². The zero-order valence-corrected chi connectivity index (χ0v) is 13.2. The molecule has 0 radical (unpaired) electrons. The monoisotopic (exact) mass is 328 g/mol. The number of hydrogen-bond acceptors (Lipinski definition) is 6. The zero-order valence-electron chi connectivity index (χ0n) is 13.2. The molecule has 0 unspecified atom stereocenters. The van der Waals surface area contributed by atoms with E-state index in [1.807, 2.05) is 0 Å². The van der Waals surface area contributed by atoms with E-state index in [0.29, 0.717) is 16.7 Å². The van der Waals surface area contributed by atoms with E-state index in [1.54, 1.807) is 12.1 Å². The molecule has 0 fully saturated rings. The molecular formula is C18H16O6. The lowest BCUT2D eigenvalue weighted by Gasteiger charge is -2.13. The second kappa shape index (κ2) is 6.25. The van der Waals surface area contributed by atoms with E-state index < -0.39 is 0 Å². The van der Waals surface area contributed by atoms with Crippen molar-refractivity contribution in [2.75, 3.05) is 14.2 Å². The number of methoxy groups -OCH3 is 2. The maximum Gasteiger partial charge on any atom is 0.204 e. The summed E-state index contributed by atoms with van der Waals surface area (Å²) < 4.78 is 15.9. The first kappa shape index (κ1) is 15.9. The van der Waals surface area contributed by atoms with Gasteiger partial charge >= 0.3 is 0 Å². The van der Waals surface area contributed by atoms with Crippen LogP contribution in [0.15, 0.2) is 45.8 Å². The first-order chi connectivity index (χ1) is 11.6. The van der Waals surface area contributed by atoms with Crippen molar-refractivity contribution in [3.63, 3.8) is 0 Å². The van der Waals surface area contributed by atoms with Gasteiger partial charge in [-0.1, -0.05) is 12.1 Å². The van der Waals surface area contributed by atoms with Crippen LogP contribution < -0.4 is 10.2 Å². The lowest BCUT2D eigenvalue weighted by atomic mass is 10.0. The Bertz CT molecular complexity index is 940. The highest BCUT2D eigenvalue weighted by molar-refractivity contribution is 5.90. The molecule has 0 bridgehead atoms. The standard InChI is InChI=1S/C18H16O6/c1-22-8-13-14(20)7-15-16(18(13)23-2)17(21)12(9-24-15)10-3-5-11(19)6-4-10/h3-7,9,19-20H,8H2,1-2H3. The second-order valence-corrected chi connectivity index (χ2v) is 5.24. The number of hydrogen-bond donors (Lipinski definition) is 2. The van der Waals surface area contributed by atoms with Gasteiger partial charge in [0.25, 0.3) is 0 Å². The Morgan fingerprint density at radius 3 is 2.46 bits per heavy atom. The van der Waals surface area contributed by atoms with Crippen molar-refractivity contribution < 1.29 is 24.1 Å². The molecule has 0 saturated heterocycles. The summed E-state index contributed by atoms with van der Waals surface area (Å²) >= 11 is 0. The van der Waals surface area contributed by atoms with Crippen LogP contribution in [0.1, 0.15) is 5.56 Å². The van der Waals surface area contributed by atoms with Gasteiger partial charge in [-0.25, -0.2) is 0 Å². The van der Waals surface area contributed by atoms with Crippen molar-refractivity contribution in [1.82, 2.24) is 0 Å². The number of rotatable bonds is 4. The molecule has 0 aliphatic carbocycles. The molecule has 1 heterocycles. The number of phenolic OH excluding ortho intramolecular Hbond substituents is 2. The highest BCUT2D eigenvalue weighted by Crippen LogP contribution is 2.36. The molecule has 0 spiro atoms. The lowest BCUT2D eigenvalue weighted by Crippen LogP contribution is -2.08. The van der Waals surface area contributed by atoms with Crippen molar-refractivity contribution in [3.8, 4) is 28.4 Å². The van der Waals surface area contributed by atoms with Crippen LogP contribution in [-0.4, -0.2) is 24.4 Å². The summed E-state index contributed by atoms with van der Waals surface area (Å²) in [5.41, 5.74) is 1.23. The average molecular weight is 328 g/mol. The van der Waals surface area contributed by atoms with Gasteiger partial charge in [-0.3, -0.25) is 4.79 Å². The zero-order chi connectivity index (χ0) is 17.3. The lowest BCUT2D eigenvalue weighted by molar-refractivity contribution is 0.179. The van der Waals surface area contributed by atoms with Crippen molar-refractivity contribution in [2.45, 2.75) is 6.61 Å². The topological polar surface area (TPSA) is 89.1 Å². The van der Waals surface area contributed by atoms with Crippen molar-refractivity contribution in [3.05, 3.63) is 52.4 Å². The van der Waals surface area contributed by atoms with E-state index in [-0.39, 0.29) is 40.3 Å². The van der Waals surface area contributed by atoms with Crippen LogP contribution in [0, 0.1) is 0 Å². The van der Waals surface area contributed by atoms with Crippen molar-refractivity contribution in [2.24, 2.45) is 0 Å². The van der Waals surface area contributed by atoms with Gasteiger partial charge in [0.2, 0.25) is 5.43 Å². The molecule has 3 aromatic rings. The molecule has 0 aliphatic heterocycles. The Morgan fingerprint density at radius 2 is 1.83 bits per heavy atom. The number of ether oxygens (including phenoxy) is 2. The molecule has 24 heavy (non-hydrogen) atoms. The van der Waals surface area contributed by atoms with Crippen LogP contribution >= 0.6 is 0 Å². The van der Waals surface area contributed by atoms with E-state index >= 15 is 0 Å². The predicted octanol–water partition coefficient (Wildman–Crippen LogP) is 3.03. The molecule has 3 rings (SSSR count). The maximum atomic E-state index is 12.9. The molecule has 2 N–H and O–H groups in total. The van der Waals surface area contributed by atoms with Crippen LogP contribution in [0.5, 0.6) is 17.2 Å². The second-order valence-electron chi connectivity index (χ2n) is 5.24. The Morgan fingerprint density at radius 1 is 1.12 bits per heavy atom. The normalized spacial score (nSPS) is 10.9. The molecule has 124 valence electrons. The Labute approximate surface area is 137 Å². The molecule has 0 saturated carbocycles. The number of phenols is 2. The summed E-state index contributed by atoms with van der Waals surface area (Å²) in [5, 5.41) is 19.7. The van der Waals surface area contributed by atoms with E-state index in [1.165, 1.54) is 38.7 Å². The van der Waals surface area contributed by atoms with Crippen LogP contribution in [0.2, 0.25) is 0 Å². The van der Waals surface area contributed by atoms with Crippen LogP contribution in [0.4, 0.5) is 0 Å². The molecule has 1 aromatic heterocycles. The van der Waals surface area contributed by atoms with Crippen LogP contribution in [-0.2, 0) is 11.3 Å². The first-order valence-corrected chi connectivity index (χ1v) is 7.19. The SMILES string of the molecule is COCc1c(O)cc2occ(-c3ccc(O)cc3)c(=O)c2c1OC. The molecule has 0 amide bonds. The maximum absolute atomic E-state index is 12.9. The molecule has 6 heteroatoms. The van der Waals surface area contributed by atoms with E-state index in [2.05, 4.69) is 0 Å². The third kappa shape index (κ3) is 2.57. The van der Waals surface area contributed by atoms with Gasteiger partial charge in [0.05, 0.1) is 24.8 Å². The summed E-state index contributed by atoms with van der Waals surface area (Å²) in [6, 6.07) is 7.59. The summed E-state index contributed by atoms with van der Waals surface area (Å²) in [5.74, 6) is 0.261. The van der Waals surface area contributed by atoms with Crippen LogP contribution in [0.25, 0.3) is 22.1 Å². The number of fused-ring (bicyclic) bond motifs is 1. The molecule has 6 nitrogen and oxygen atoms in total. The summed E-state index contributed by atoms with van der Waals surface area (Å²) in [6.07, 6.45) is 1.33. The number of aromatic hydroxyl groups is 2.